The molecule has 0 bridgehead atoms. The molecule has 19 heavy (non-hydrogen) atoms. The van der Waals surface area contributed by atoms with E-state index in [2.05, 4.69) is 0 Å². The van der Waals surface area contributed by atoms with E-state index in [0.717, 1.165) is 12.1 Å². The van der Waals surface area contributed by atoms with Gasteiger partial charge in [0.2, 0.25) is 5.78 Å². The number of carbonyl (C=O) groups excluding carboxylic acids is 1. The molecular weight excluding hydrogens is 274 g/mol. The number of Topliss-reactive ketones (excluding diaryl/α,β-unsaturated/α-hetero) is 1. The Labute approximate surface area is 113 Å². The molecule has 0 atom stereocenters. The molecule has 5 heteroatoms. The molecule has 2 rings (SSSR count). The third-order valence-electron chi connectivity index (χ3n) is 2.44. The molecule has 0 spiro atoms. The largest absolute Gasteiger partial charge is 0.485 e. The molecule has 0 N–H and O–H groups in total. The van der Waals surface area contributed by atoms with Gasteiger partial charge in [-0.3, -0.25) is 4.79 Å². The van der Waals surface area contributed by atoms with Crippen molar-refractivity contribution in [2.45, 2.75) is 0 Å². The lowest BCUT2D eigenvalue weighted by molar-refractivity contribution is 0.0916. The van der Waals surface area contributed by atoms with Gasteiger partial charge in [0, 0.05) is 0 Å². The highest BCUT2D eigenvalue weighted by molar-refractivity contribution is 6.34. The lowest BCUT2D eigenvalue weighted by atomic mass is 10.1. The zero-order chi connectivity index (χ0) is 13.8. The number of para-hydroxylation sites is 1. The molecule has 0 aliphatic rings. The average Bonchev–Trinajstić information content (AvgIpc) is 2.42. The second-order valence-corrected chi connectivity index (χ2v) is 4.15. The van der Waals surface area contributed by atoms with E-state index in [0.29, 0.717) is 5.75 Å². The van der Waals surface area contributed by atoms with Crippen molar-refractivity contribution in [1.29, 1.82) is 0 Å². The predicted molar refractivity (Wildman–Crippen MR) is 67.6 cm³/mol. The number of carbonyl (C=O) groups is 1. The van der Waals surface area contributed by atoms with E-state index in [1.165, 1.54) is 0 Å². The second-order valence-electron chi connectivity index (χ2n) is 3.74. The number of benzene rings is 2. The summed E-state index contributed by atoms with van der Waals surface area (Å²) in [5.41, 5.74) is -0.488. The van der Waals surface area contributed by atoms with Crippen LogP contribution in [0.15, 0.2) is 42.5 Å². The first-order valence-electron chi connectivity index (χ1n) is 5.44. The summed E-state index contributed by atoms with van der Waals surface area (Å²) in [6.45, 7) is -0.413. The van der Waals surface area contributed by atoms with E-state index in [1.807, 2.05) is 0 Å². The molecular formula is C14H9ClF2O2. The summed E-state index contributed by atoms with van der Waals surface area (Å²) in [5.74, 6) is -2.63. The topological polar surface area (TPSA) is 26.3 Å². The summed E-state index contributed by atoms with van der Waals surface area (Å²) in [6, 6.07) is 10.6. The van der Waals surface area contributed by atoms with Crippen LogP contribution >= 0.6 is 11.6 Å². The monoisotopic (exact) mass is 282 g/mol. The fraction of sp³-hybridized carbons (Fsp3) is 0.0714. The van der Waals surface area contributed by atoms with E-state index in [-0.39, 0.29) is 5.02 Å². The van der Waals surface area contributed by atoms with Gasteiger partial charge < -0.3 is 4.74 Å². The summed E-state index contributed by atoms with van der Waals surface area (Å²) in [7, 11) is 0. The van der Waals surface area contributed by atoms with Gasteiger partial charge in [-0.2, -0.15) is 0 Å². The molecule has 0 fully saturated rings. The van der Waals surface area contributed by atoms with Crippen LogP contribution in [-0.4, -0.2) is 12.4 Å². The number of rotatable bonds is 4. The smallest absolute Gasteiger partial charge is 0.204 e. The molecule has 0 amide bonds. The van der Waals surface area contributed by atoms with Gasteiger partial charge >= 0.3 is 0 Å². The lowest BCUT2D eigenvalue weighted by Gasteiger charge is -2.07. The van der Waals surface area contributed by atoms with Crippen LogP contribution in [0.5, 0.6) is 5.75 Å². The van der Waals surface area contributed by atoms with Crippen molar-refractivity contribution in [3.63, 3.8) is 0 Å². The first-order chi connectivity index (χ1) is 9.09. The summed E-state index contributed by atoms with van der Waals surface area (Å²) < 4.78 is 31.7. The highest BCUT2D eigenvalue weighted by Crippen LogP contribution is 2.22. The molecule has 98 valence electrons. The Hall–Kier alpha value is -1.94. The fourth-order valence-corrected chi connectivity index (χ4v) is 1.77. The first-order valence-corrected chi connectivity index (χ1v) is 5.82. The third-order valence-corrected chi connectivity index (χ3v) is 2.75. The molecule has 0 heterocycles. The second kappa shape index (κ2) is 5.80. The molecule has 0 aliphatic carbocycles. The molecule has 0 saturated heterocycles. The summed E-state index contributed by atoms with van der Waals surface area (Å²) in [5, 5.41) is -0.138. The zero-order valence-electron chi connectivity index (χ0n) is 9.70. The molecule has 0 unspecified atom stereocenters. The maximum atomic E-state index is 13.5. The molecule has 2 aromatic rings. The summed E-state index contributed by atoms with van der Waals surface area (Å²) >= 11 is 5.70. The Balaban J connectivity index is 2.15. The van der Waals surface area contributed by atoms with Gasteiger partial charge in [-0.25, -0.2) is 8.78 Å². The highest BCUT2D eigenvalue weighted by atomic mass is 35.5. The van der Waals surface area contributed by atoms with E-state index < -0.39 is 29.6 Å². The van der Waals surface area contributed by atoms with Gasteiger partial charge in [-0.1, -0.05) is 29.8 Å². The number of ketones is 1. The van der Waals surface area contributed by atoms with E-state index >= 15 is 0 Å². The maximum Gasteiger partial charge on any atom is 0.204 e. The summed E-state index contributed by atoms with van der Waals surface area (Å²) in [6.07, 6.45) is 0. The van der Waals surface area contributed by atoms with E-state index in [9.17, 15) is 13.6 Å². The Morgan fingerprint density at radius 2 is 1.79 bits per heavy atom. The predicted octanol–water partition coefficient (Wildman–Crippen LogP) is 3.88. The molecule has 2 aromatic carbocycles. The average molecular weight is 283 g/mol. The van der Waals surface area contributed by atoms with Crippen LogP contribution in [0.4, 0.5) is 8.78 Å². The van der Waals surface area contributed by atoms with Gasteiger partial charge in [0.05, 0.1) is 10.6 Å². The number of ether oxygens (including phenoxy) is 1. The van der Waals surface area contributed by atoms with E-state index in [1.54, 1.807) is 30.3 Å². The quantitative estimate of drug-likeness (QED) is 0.628. The lowest BCUT2D eigenvalue weighted by Crippen LogP contribution is -2.14. The van der Waals surface area contributed by atoms with Gasteiger partial charge in [0.1, 0.15) is 5.75 Å². The standard InChI is InChI=1S/C14H9ClF2O2/c15-10-6-7-11(16)14(17)13(10)12(18)8-19-9-4-2-1-3-5-9/h1-7H,8H2. The van der Waals surface area contributed by atoms with Gasteiger partial charge in [-0.05, 0) is 24.3 Å². The number of hydrogen-bond acceptors (Lipinski definition) is 2. The Bertz CT molecular complexity index is 600. The summed E-state index contributed by atoms with van der Waals surface area (Å²) in [4.78, 5) is 11.8. The van der Waals surface area contributed by atoms with Gasteiger partial charge in [-0.15, -0.1) is 0 Å². The minimum Gasteiger partial charge on any atom is -0.485 e. The SMILES string of the molecule is O=C(COc1ccccc1)c1c(Cl)ccc(F)c1F. The normalized spacial score (nSPS) is 10.3. The number of halogens is 3. The minimum atomic E-state index is -1.26. The van der Waals surface area contributed by atoms with Gasteiger partial charge in [0.15, 0.2) is 18.2 Å². The zero-order valence-corrected chi connectivity index (χ0v) is 10.5. The van der Waals surface area contributed by atoms with Crippen LogP contribution in [0.1, 0.15) is 10.4 Å². The Morgan fingerprint density at radius 1 is 1.11 bits per heavy atom. The van der Waals surface area contributed by atoms with Crippen molar-refractivity contribution in [3.8, 4) is 5.75 Å². The van der Waals surface area contributed by atoms with Gasteiger partial charge in [0.25, 0.3) is 0 Å². The maximum absolute atomic E-state index is 13.5. The minimum absolute atomic E-state index is 0.138. The van der Waals surface area contributed by atoms with Crippen molar-refractivity contribution in [2.75, 3.05) is 6.61 Å². The molecule has 0 saturated carbocycles. The van der Waals surface area contributed by atoms with Crippen molar-refractivity contribution in [1.82, 2.24) is 0 Å². The van der Waals surface area contributed by atoms with Crippen LogP contribution in [0.25, 0.3) is 0 Å². The first kappa shape index (κ1) is 13.5. The van der Waals surface area contributed by atoms with Crippen LogP contribution in [-0.2, 0) is 0 Å². The van der Waals surface area contributed by atoms with Crippen molar-refractivity contribution in [2.24, 2.45) is 0 Å². The molecule has 0 aliphatic heterocycles. The van der Waals surface area contributed by atoms with Crippen molar-refractivity contribution >= 4 is 17.4 Å². The molecule has 0 aromatic heterocycles. The Kier molecular flexibility index (Phi) is 4.12. The van der Waals surface area contributed by atoms with Crippen molar-refractivity contribution in [3.05, 3.63) is 64.7 Å². The van der Waals surface area contributed by atoms with Crippen LogP contribution in [0.3, 0.4) is 0 Å². The highest BCUT2D eigenvalue weighted by Gasteiger charge is 2.19. The van der Waals surface area contributed by atoms with Crippen LogP contribution in [0, 0.1) is 11.6 Å². The van der Waals surface area contributed by atoms with Crippen LogP contribution < -0.4 is 4.74 Å². The molecule has 2 nitrogen and oxygen atoms in total. The van der Waals surface area contributed by atoms with Crippen LogP contribution in [0.2, 0.25) is 5.02 Å². The van der Waals surface area contributed by atoms with Crippen molar-refractivity contribution < 1.29 is 18.3 Å². The third kappa shape index (κ3) is 3.09. The van der Waals surface area contributed by atoms with E-state index in [4.69, 9.17) is 16.3 Å². The number of hydrogen-bond donors (Lipinski definition) is 0. The fourth-order valence-electron chi connectivity index (χ4n) is 1.52. The Morgan fingerprint density at radius 3 is 2.47 bits per heavy atom. The molecule has 0 radical (unpaired) electrons.